The molecule has 0 spiro atoms. The van der Waals surface area contributed by atoms with Crippen LogP contribution in [0.3, 0.4) is 0 Å². The first-order valence-electron chi connectivity index (χ1n) is 10.5. The van der Waals surface area contributed by atoms with Crippen LogP contribution >= 0.6 is 15.9 Å². The van der Waals surface area contributed by atoms with Crippen molar-refractivity contribution < 1.29 is 28.9 Å². The largest absolute Gasteiger partial charge is 0.503 e. The molecule has 168 valence electrons. The fraction of sp³-hybridized carbons (Fsp3) is 0.478. The molecule has 8 heteroatoms. The Morgan fingerprint density at radius 1 is 1.23 bits per heavy atom. The molecular weight excluding hydrogens is 466 g/mol. The molecule has 0 aromatic heterocycles. The van der Waals surface area contributed by atoms with Gasteiger partial charge in [0, 0.05) is 35.9 Å². The second-order valence-electron chi connectivity index (χ2n) is 7.38. The van der Waals surface area contributed by atoms with E-state index in [1.54, 1.807) is 12.1 Å². The number of hydrogen-bond donors (Lipinski definition) is 2. The second kappa shape index (κ2) is 10.3. The van der Waals surface area contributed by atoms with E-state index in [1.165, 1.54) is 0 Å². The highest BCUT2D eigenvalue weighted by Crippen LogP contribution is 2.46. The number of carbonyl (C=O) groups excluding carboxylic acids is 2. The molecule has 1 aromatic rings. The van der Waals surface area contributed by atoms with Crippen LogP contribution in [-0.4, -0.2) is 43.3 Å². The van der Waals surface area contributed by atoms with E-state index in [4.69, 9.17) is 14.2 Å². The van der Waals surface area contributed by atoms with Gasteiger partial charge in [-0.25, -0.2) is 4.79 Å². The maximum absolute atomic E-state index is 13.1. The van der Waals surface area contributed by atoms with Gasteiger partial charge >= 0.3 is 5.97 Å². The normalized spacial score (nSPS) is 18.6. The van der Waals surface area contributed by atoms with Crippen LogP contribution in [0.15, 0.2) is 39.1 Å². The molecule has 31 heavy (non-hydrogen) atoms. The van der Waals surface area contributed by atoms with Crippen molar-refractivity contribution in [2.24, 2.45) is 0 Å². The Bertz CT molecular complexity index is 936. The van der Waals surface area contributed by atoms with E-state index >= 15 is 0 Å². The van der Waals surface area contributed by atoms with Crippen molar-refractivity contribution in [3.05, 3.63) is 44.7 Å². The Morgan fingerprint density at radius 3 is 2.71 bits per heavy atom. The quantitative estimate of drug-likeness (QED) is 0.415. The van der Waals surface area contributed by atoms with Crippen molar-refractivity contribution in [2.75, 3.05) is 26.4 Å². The van der Waals surface area contributed by atoms with E-state index in [0.717, 1.165) is 18.5 Å². The summed E-state index contributed by atoms with van der Waals surface area (Å²) < 4.78 is 16.7. The molecule has 1 aromatic carbocycles. The number of halogens is 1. The highest BCUT2D eigenvalue weighted by Gasteiger charge is 2.39. The maximum Gasteiger partial charge on any atom is 0.336 e. The lowest BCUT2D eigenvalue weighted by Crippen LogP contribution is -2.34. The first-order valence-corrected chi connectivity index (χ1v) is 11.3. The zero-order chi connectivity index (χ0) is 22.5. The molecule has 0 saturated carbocycles. The molecular formula is C23H28BrNO6. The Morgan fingerprint density at radius 2 is 2.00 bits per heavy atom. The van der Waals surface area contributed by atoms with Gasteiger partial charge < -0.3 is 24.6 Å². The molecule has 1 atom stereocenters. The van der Waals surface area contributed by atoms with E-state index in [-0.39, 0.29) is 23.9 Å². The maximum atomic E-state index is 13.1. The number of benzene rings is 1. The molecule has 2 aliphatic rings. The van der Waals surface area contributed by atoms with Crippen LogP contribution in [-0.2, 0) is 19.1 Å². The molecule has 1 aliphatic carbocycles. The summed E-state index contributed by atoms with van der Waals surface area (Å²) in [6.07, 6.45) is 1.93. The number of dihydropyridines is 1. The molecule has 7 nitrogen and oxygen atoms in total. The number of hydrogen-bond acceptors (Lipinski definition) is 7. The van der Waals surface area contributed by atoms with Gasteiger partial charge in [-0.3, -0.25) is 4.79 Å². The van der Waals surface area contributed by atoms with E-state index in [2.05, 4.69) is 21.2 Å². The first-order chi connectivity index (χ1) is 14.9. The number of phenols is 1. The minimum atomic E-state index is -0.611. The van der Waals surface area contributed by atoms with Crippen LogP contribution in [0.5, 0.6) is 11.5 Å². The molecule has 0 unspecified atom stereocenters. The molecule has 0 amide bonds. The van der Waals surface area contributed by atoms with Crippen molar-refractivity contribution in [1.29, 1.82) is 0 Å². The summed E-state index contributed by atoms with van der Waals surface area (Å²) in [6.45, 7) is 6.84. The predicted octanol–water partition coefficient (Wildman–Crippen LogP) is 4.10. The van der Waals surface area contributed by atoms with Crippen molar-refractivity contribution in [1.82, 2.24) is 5.32 Å². The minimum Gasteiger partial charge on any atom is -0.503 e. The SMILES string of the molecule is CCOCCOC(=O)C1=C(C)NC2=C(C(=O)CCC2)[C@H]1c1cc(Br)c(O)c(OCC)c1. The Kier molecular flexibility index (Phi) is 7.78. The summed E-state index contributed by atoms with van der Waals surface area (Å²) in [7, 11) is 0. The monoisotopic (exact) mass is 493 g/mol. The molecule has 0 saturated heterocycles. The number of carbonyl (C=O) groups is 2. The number of nitrogens with one attached hydrogen (secondary N) is 1. The summed E-state index contributed by atoms with van der Waals surface area (Å²) >= 11 is 3.37. The average Bonchev–Trinajstić information content (AvgIpc) is 2.73. The van der Waals surface area contributed by atoms with Gasteiger partial charge in [0.25, 0.3) is 0 Å². The van der Waals surface area contributed by atoms with Crippen LogP contribution in [0, 0.1) is 0 Å². The number of phenolic OH excluding ortho intramolecular Hbond substituents is 1. The molecule has 0 bridgehead atoms. The van der Waals surface area contributed by atoms with E-state index in [0.29, 0.717) is 53.1 Å². The molecule has 0 fully saturated rings. The van der Waals surface area contributed by atoms with Crippen molar-refractivity contribution >= 4 is 27.7 Å². The Hall–Kier alpha value is -2.32. The van der Waals surface area contributed by atoms with Crippen LogP contribution in [0.25, 0.3) is 0 Å². The average molecular weight is 494 g/mol. The molecule has 2 N–H and O–H groups in total. The Labute approximate surface area is 190 Å². The first kappa shape index (κ1) is 23.3. The number of aromatic hydroxyl groups is 1. The summed E-state index contributed by atoms with van der Waals surface area (Å²) in [5.41, 5.74) is 3.13. The predicted molar refractivity (Wildman–Crippen MR) is 119 cm³/mol. The summed E-state index contributed by atoms with van der Waals surface area (Å²) in [5.74, 6) is -0.836. The minimum absolute atomic E-state index is 0.00743. The van der Waals surface area contributed by atoms with Crippen molar-refractivity contribution in [3.8, 4) is 11.5 Å². The topological polar surface area (TPSA) is 94.1 Å². The zero-order valence-corrected chi connectivity index (χ0v) is 19.6. The lowest BCUT2D eigenvalue weighted by atomic mass is 9.75. The third-order valence-corrected chi connectivity index (χ3v) is 5.95. The standard InChI is InChI=1S/C23H28BrNO6/c1-4-29-9-10-31-23(28)19-13(3)25-16-7-6-8-17(26)21(16)20(19)14-11-15(24)22(27)18(12-14)30-5-2/h11-12,20,25,27H,4-10H2,1-3H3/t20-/m0/s1. The third kappa shape index (κ3) is 4.96. The van der Waals surface area contributed by atoms with Gasteiger partial charge in [-0.2, -0.15) is 0 Å². The van der Waals surface area contributed by atoms with E-state index in [9.17, 15) is 14.7 Å². The van der Waals surface area contributed by atoms with Gasteiger partial charge in [-0.15, -0.1) is 0 Å². The Balaban J connectivity index is 2.08. The van der Waals surface area contributed by atoms with Gasteiger partial charge in [0.2, 0.25) is 0 Å². The smallest absolute Gasteiger partial charge is 0.336 e. The summed E-state index contributed by atoms with van der Waals surface area (Å²) in [5, 5.41) is 13.6. The van der Waals surface area contributed by atoms with E-state index < -0.39 is 11.9 Å². The van der Waals surface area contributed by atoms with Crippen LogP contribution in [0.1, 0.15) is 51.5 Å². The highest BCUT2D eigenvalue weighted by atomic mass is 79.9. The number of Topliss-reactive ketones (excluding diaryl/α,β-unsaturated/α-hetero) is 1. The van der Waals surface area contributed by atoms with Gasteiger partial charge in [0.15, 0.2) is 17.3 Å². The van der Waals surface area contributed by atoms with E-state index in [1.807, 2.05) is 20.8 Å². The lowest BCUT2D eigenvalue weighted by Gasteiger charge is -2.34. The molecule has 1 heterocycles. The number of allylic oxidation sites excluding steroid dienone is 3. The van der Waals surface area contributed by atoms with Gasteiger partial charge in [0.05, 0.1) is 23.3 Å². The highest BCUT2D eigenvalue weighted by molar-refractivity contribution is 9.10. The number of ether oxygens (including phenoxy) is 3. The van der Waals surface area contributed by atoms with Crippen LogP contribution in [0.2, 0.25) is 0 Å². The fourth-order valence-corrected chi connectivity index (χ4v) is 4.49. The molecule has 0 radical (unpaired) electrons. The molecule has 1 aliphatic heterocycles. The van der Waals surface area contributed by atoms with Crippen molar-refractivity contribution in [2.45, 2.75) is 46.0 Å². The van der Waals surface area contributed by atoms with Crippen LogP contribution in [0.4, 0.5) is 0 Å². The number of esters is 1. The number of ketones is 1. The molecule has 3 rings (SSSR count). The van der Waals surface area contributed by atoms with Gasteiger partial charge in [0.1, 0.15) is 6.61 Å². The van der Waals surface area contributed by atoms with Gasteiger partial charge in [-0.05, 0) is 67.2 Å². The van der Waals surface area contributed by atoms with Gasteiger partial charge in [-0.1, -0.05) is 0 Å². The fourth-order valence-electron chi connectivity index (χ4n) is 4.03. The third-order valence-electron chi connectivity index (χ3n) is 5.34. The second-order valence-corrected chi connectivity index (χ2v) is 8.24. The van der Waals surface area contributed by atoms with Crippen molar-refractivity contribution in [3.63, 3.8) is 0 Å². The summed E-state index contributed by atoms with van der Waals surface area (Å²) in [4.78, 5) is 26.1. The van der Waals surface area contributed by atoms with Crippen LogP contribution < -0.4 is 10.1 Å². The summed E-state index contributed by atoms with van der Waals surface area (Å²) in [6, 6.07) is 3.41. The lowest BCUT2D eigenvalue weighted by molar-refractivity contribution is -0.140. The number of rotatable bonds is 8. The zero-order valence-electron chi connectivity index (χ0n) is 18.0.